The minimum Gasteiger partial charge on any atom is -0.356 e. The normalized spacial score (nSPS) is 14.9. The first-order chi connectivity index (χ1) is 12.7. The SMILES string of the molecule is CCCCNC(=NCCCN1CCCC1=O)NCCn1cnnc1CC. The van der Waals surface area contributed by atoms with E-state index in [-0.39, 0.29) is 5.91 Å². The number of likely N-dealkylation sites (tertiary alicyclic amines) is 1. The van der Waals surface area contributed by atoms with E-state index in [1.165, 1.54) is 0 Å². The minimum absolute atomic E-state index is 0.286. The molecule has 2 rings (SSSR count). The summed E-state index contributed by atoms with van der Waals surface area (Å²) in [6.07, 6.45) is 7.53. The molecule has 0 aromatic carbocycles. The van der Waals surface area contributed by atoms with Gasteiger partial charge in [-0.2, -0.15) is 0 Å². The van der Waals surface area contributed by atoms with Gasteiger partial charge in [0.1, 0.15) is 12.2 Å². The molecule has 0 bridgehead atoms. The Morgan fingerprint density at radius 2 is 2.08 bits per heavy atom. The molecule has 1 aromatic rings. The molecule has 1 aliphatic rings. The maximum absolute atomic E-state index is 11.6. The van der Waals surface area contributed by atoms with Crippen molar-refractivity contribution in [3.05, 3.63) is 12.2 Å². The fourth-order valence-electron chi connectivity index (χ4n) is 2.98. The summed E-state index contributed by atoms with van der Waals surface area (Å²) in [5.74, 6) is 2.13. The van der Waals surface area contributed by atoms with Crippen LogP contribution in [0.25, 0.3) is 0 Å². The van der Waals surface area contributed by atoms with Gasteiger partial charge in [0.2, 0.25) is 5.91 Å². The first kappa shape index (κ1) is 20.2. The number of hydrogen-bond acceptors (Lipinski definition) is 4. The second kappa shape index (κ2) is 11.5. The van der Waals surface area contributed by atoms with Crippen molar-refractivity contribution in [2.45, 2.75) is 58.9 Å². The topological polar surface area (TPSA) is 87.4 Å². The molecule has 26 heavy (non-hydrogen) atoms. The van der Waals surface area contributed by atoms with Gasteiger partial charge < -0.3 is 20.1 Å². The van der Waals surface area contributed by atoms with Crippen LogP contribution >= 0.6 is 0 Å². The fourth-order valence-corrected chi connectivity index (χ4v) is 2.98. The van der Waals surface area contributed by atoms with Crippen LogP contribution in [0.4, 0.5) is 0 Å². The van der Waals surface area contributed by atoms with Gasteiger partial charge in [-0.15, -0.1) is 10.2 Å². The molecule has 1 aliphatic heterocycles. The van der Waals surface area contributed by atoms with E-state index in [1.807, 2.05) is 4.90 Å². The van der Waals surface area contributed by atoms with E-state index >= 15 is 0 Å². The molecule has 0 unspecified atom stereocenters. The molecular formula is C18H33N7O. The van der Waals surface area contributed by atoms with Gasteiger partial charge >= 0.3 is 0 Å². The zero-order valence-electron chi connectivity index (χ0n) is 16.2. The van der Waals surface area contributed by atoms with Crippen LogP contribution in [0.1, 0.15) is 51.8 Å². The Kier molecular flexibility index (Phi) is 8.92. The number of nitrogens with zero attached hydrogens (tertiary/aromatic N) is 5. The summed E-state index contributed by atoms with van der Waals surface area (Å²) in [6, 6.07) is 0. The van der Waals surface area contributed by atoms with E-state index in [2.05, 4.69) is 44.2 Å². The molecule has 2 heterocycles. The van der Waals surface area contributed by atoms with Crippen LogP contribution in [-0.2, 0) is 17.8 Å². The summed E-state index contributed by atoms with van der Waals surface area (Å²) in [5.41, 5.74) is 0. The smallest absolute Gasteiger partial charge is 0.222 e. The lowest BCUT2D eigenvalue weighted by molar-refractivity contribution is -0.127. The molecule has 0 aliphatic carbocycles. The molecule has 0 spiro atoms. The molecule has 8 nitrogen and oxygen atoms in total. The van der Waals surface area contributed by atoms with Crippen LogP contribution in [0.15, 0.2) is 11.3 Å². The maximum Gasteiger partial charge on any atom is 0.222 e. The number of hydrogen-bond donors (Lipinski definition) is 2. The van der Waals surface area contributed by atoms with Crippen molar-refractivity contribution < 1.29 is 4.79 Å². The molecule has 1 amide bonds. The van der Waals surface area contributed by atoms with E-state index in [1.54, 1.807) is 6.33 Å². The standard InChI is InChI=1S/C18H33N7O/c1-3-5-9-19-18(20-10-7-13-24-12-6-8-17(24)26)21-11-14-25-15-22-23-16(25)4-2/h15H,3-14H2,1-2H3,(H2,19,20,21). The molecule has 1 fully saturated rings. The van der Waals surface area contributed by atoms with Gasteiger partial charge in [-0.1, -0.05) is 20.3 Å². The van der Waals surface area contributed by atoms with Crippen molar-refractivity contribution in [1.82, 2.24) is 30.3 Å². The van der Waals surface area contributed by atoms with E-state index in [4.69, 9.17) is 0 Å². The third-order valence-corrected chi connectivity index (χ3v) is 4.51. The van der Waals surface area contributed by atoms with Crippen molar-refractivity contribution in [2.24, 2.45) is 4.99 Å². The van der Waals surface area contributed by atoms with Crippen LogP contribution in [0.3, 0.4) is 0 Å². The summed E-state index contributed by atoms with van der Waals surface area (Å²) >= 11 is 0. The van der Waals surface area contributed by atoms with E-state index in [0.717, 1.165) is 83.2 Å². The molecule has 0 saturated carbocycles. The molecule has 8 heteroatoms. The van der Waals surface area contributed by atoms with Gasteiger partial charge in [-0.3, -0.25) is 9.79 Å². The van der Waals surface area contributed by atoms with E-state index in [9.17, 15) is 4.79 Å². The lowest BCUT2D eigenvalue weighted by atomic mass is 10.3. The van der Waals surface area contributed by atoms with Crippen molar-refractivity contribution in [1.29, 1.82) is 0 Å². The number of nitrogens with one attached hydrogen (secondary N) is 2. The highest BCUT2D eigenvalue weighted by Gasteiger charge is 2.18. The average molecular weight is 364 g/mol. The van der Waals surface area contributed by atoms with Gasteiger partial charge in [-0.05, 0) is 19.3 Å². The lowest BCUT2D eigenvalue weighted by Crippen LogP contribution is -2.39. The summed E-state index contributed by atoms with van der Waals surface area (Å²) in [5, 5.41) is 14.8. The molecule has 0 atom stereocenters. The number of aliphatic imine (C=N–C) groups is 1. The van der Waals surface area contributed by atoms with E-state index in [0.29, 0.717) is 6.42 Å². The Bertz CT molecular complexity index is 570. The lowest BCUT2D eigenvalue weighted by Gasteiger charge is -2.15. The second-order valence-electron chi connectivity index (χ2n) is 6.57. The Morgan fingerprint density at radius 3 is 2.81 bits per heavy atom. The number of guanidine groups is 1. The Balaban J connectivity index is 1.75. The number of carbonyl (C=O) groups excluding carboxylic acids is 1. The number of aromatic nitrogens is 3. The van der Waals surface area contributed by atoms with E-state index < -0.39 is 0 Å². The van der Waals surface area contributed by atoms with Gasteiger partial charge in [0.05, 0.1) is 0 Å². The number of aryl methyl sites for hydroxylation is 1. The van der Waals surface area contributed by atoms with Crippen LogP contribution < -0.4 is 10.6 Å². The Labute approximate surface area is 156 Å². The highest BCUT2D eigenvalue weighted by atomic mass is 16.2. The minimum atomic E-state index is 0.286. The number of carbonyl (C=O) groups is 1. The van der Waals surface area contributed by atoms with Crippen molar-refractivity contribution >= 4 is 11.9 Å². The first-order valence-electron chi connectivity index (χ1n) is 9.91. The quantitative estimate of drug-likeness (QED) is 0.350. The second-order valence-corrected chi connectivity index (χ2v) is 6.57. The van der Waals surface area contributed by atoms with Crippen LogP contribution in [0.5, 0.6) is 0 Å². The Morgan fingerprint density at radius 1 is 1.23 bits per heavy atom. The Hall–Kier alpha value is -2.12. The zero-order chi connectivity index (χ0) is 18.6. The molecular weight excluding hydrogens is 330 g/mol. The summed E-state index contributed by atoms with van der Waals surface area (Å²) in [4.78, 5) is 18.2. The molecule has 1 aromatic heterocycles. The van der Waals surface area contributed by atoms with Crippen LogP contribution in [0, 0.1) is 0 Å². The number of rotatable bonds is 11. The number of amides is 1. The highest BCUT2D eigenvalue weighted by Crippen LogP contribution is 2.09. The van der Waals surface area contributed by atoms with Crippen LogP contribution in [-0.4, -0.2) is 64.3 Å². The van der Waals surface area contributed by atoms with Crippen molar-refractivity contribution in [3.8, 4) is 0 Å². The average Bonchev–Trinajstić information content (AvgIpc) is 3.27. The van der Waals surface area contributed by atoms with Gasteiger partial charge in [0.25, 0.3) is 0 Å². The highest BCUT2D eigenvalue weighted by molar-refractivity contribution is 5.79. The summed E-state index contributed by atoms with van der Waals surface area (Å²) in [6.45, 7) is 9.19. The summed E-state index contributed by atoms with van der Waals surface area (Å²) in [7, 11) is 0. The molecule has 0 radical (unpaired) electrons. The monoisotopic (exact) mass is 363 g/mol. The predicted octanol–water partition coefficient (Wildman–Crippen LogP) is 1.19. The fraction of sp³-hybridized carbons (Fsp3) is 0.778. The van der Waals surface area contributed by atoms with Crippen molar-refractivity contribution in [2.75, 3.05) is 32.7 Å². The first-order valence-corrected chi connectivity index (χ1v) is 9.91. The van der Waals surface area contributed by atoms with Gasteiger partial charge in [-0.25, -0.2) is 0 Å². The molecule has 2 N–H and O–H groups in total. The van der Waals surface area contributed by atoms with Gasteiger partial charge in [0.15, 0.2) is 5.96 Å². The maximum atomic E-state index is 11.6. The largest absolute Gasteiger partial charge is 0.356 e. The van der Waals surface area contributed by atoms with Gasteiger partial charge in [0, 0.05) is 52.1 Å². The molecule has 1 saturated heterocycles. The van der Waals surface area contributed by atoms with Crippen LogP contribution in [0.2, 0.25) is 0 Å². The summed E-state index contributed by atoms with van der Waals surface area (Å²) < 4.78 is 2.07. The number of unbranched alkanes of at least 4 members (excludes halogenated alkanes) is 1. The zero-order valence-corrected chi connectivity index (χ0v) is 16.2. The van der Waals surface area contributed by atoms with Crippen molar-refractivity contribution in [3.63, 3.8) is 0 Å². The third-order valence-electron chi connectivity index (χ3n) is 4.51. The third kappa shape index (κ3) is 6.65. The predicted molar refractivity (Wildman–Crippen MR) is 103 cm³/mol. The molecule has 146 valence electrons.